The van der Waals surface area contributed by atoms with Crippen molar-refractivity contribution in [2.24, 2.45) is 0 Å². The summed E-state index contributed by atoms with van der Waals surface area (Å²) in [7, 11) is 0. The minimum absolute atomic E-state index is 0.258. The lowest BCUT2D eigenvalue weighted by Crippen LogP contribution is -2.19. The largest absolute Gasteiger partial charge is 0.396 e. The molecule has 74 valence electrons. The Morgan fingerprint density at radius 2 is 2.46 bits per heavy atom. The molecule has 13 heavy (non-hydrogen) atoms. The highest BCUT2D eigenvalue weighted by molar-refractivity contribution is 9.10. The lowest BCUT2D eigenvalue weighted by molar-refractivity contribution is 0.284. The van der Waals surface area contributed by atoms with Crippen molar-refractivity contribution in [1.29, 1.82) is 0 Å². The molecule has 1 aromatic heterocycles. The van der Waals surface area contributed by atoms with Crippen LogP contribution >= 0.6 is 27.3 Å². The number of aliphatic hydroxyl groups is 1. The van der Waals surface area contributed by atoms with Gasteiger partial charge in [-0.25, -0.2) is 0 Å². The van der Waals surface area contributed by atoms with Gasteiger partial charge in [-0.3, -0.25) is 0 Å². The van der Waals surface area contributed by atoms with E-state index in [0.717, 1.165) is 17.4 Å². The van der Waals surface area contributed by atoms with Gasteiger partial charge in [-0.2, -0.15) is 0 Å². The van der Waals surface area contributed by atoms with Gasteiger partial charge in [-0.1, -0.05) is 0 Å². The van der Waals surface area contributed by atoms with E-state index in [4.69, 9.17) is 5.11 Å². The van der Waals surface area contributed by atoms with E-state index >= 15 is 0 Å². The fraction of sp³-hybridized carbons (Fsp3) is 0.556. The van der Waals surface area contributed by atoms with Crippen molar-refractivity contribution in [3.63, 3.8) is 0 Å². The van der Waals surface area contributed by atoms with Crippen LogP contribution in [0.5, 0.6) is 0 Å². The predicted molar refractivity (Wildman–Crippen MR) is 60.1 cm³/mol. The monoisotopic (exact) mass is 263 g/mol. The molecule has 0 saturated carbocycles. The van der Waals surface area contributed by atoms with Gasteiger partial charge in [0.05, 0.1) is 0 Å². The van der Waals surface area contributed by atoms with Crippen LogP contribution in [0.25, 0.3) is 0 Å². The Bertz CT molecular complexity index is 252. The molecule has 2 N–H and O–H groups in total. The molecule has 1 heterocycles. The first-order chi connectivity index (χ1) is 6.24. The van der Waals surface area contributed by atoms with E-state index in [9.17, 15) is 0 Å². The molecule has 0 aliphatic carbocycles. The predicted octanol–water partition coefficient (Wildman–Crippen LogP) is 2.54. The molecule has 1 unspecified atom stereocenters. The Labute approximate surface area is 91.1 Å². The number of hydrogen-bond donors (Lipinski definition) is 2. The summed E-state index contributed by atoms with van der Waals surface area (Å²) in [4.78, 5) is 1.32. The first-order valence-corrected chi connectivity index (χ1v) is 5.99. The quantitative estimate of drug-likeness (QED) is 0.801. The maximum absolute atomic E-state index is 8.61. The maximum Gasteiger partial charge on any atom is 0.0443 e. The highest BCUT2D eigenvalue weighted by Gasteiger charge is 2.06. The van der Waals surface area contributed by atoms with Crippen LogP contribution < -0.4 is 5.32 Å². The molecule has 0 saturated heterocycles. The van der Waals surface area contributed by atoms with Crippen molar-refractivity contribution < 1.29 is 5.11 Å². The van der Waals surface area contributed by atoms with E-state index in [0.29, 0.717) is 6.04 Å². The lowest BCUT2D eigenvalue weighted by Gasteiger charge is -2.10. The molecule has 0 bridgehead atoms. The summed E-state index contributed by atoms with van der Waals surface area (Å²) in [6.07, 6.45) is 0.816. The molecule has 0 aromatic carbocycles. The average Bonchev–Trinajstić information content (AvgIpc) is 2.52. The fourth-order valence-electron chi connectivity index (χ4n) is 1.05. The van der Waals surface area contributed by atoms with Crippen molar-refractivity contribution in [2.75, 3.05) is 13.2 Å². The Hall–Kier alpha value is 0.1000. The van der Waals surface area contributed by atoms with Crippen molar-refractivity contribution >= 4 is 27.3 Å². The number of nitrogens with one attached hydrogen (secondary N) is 1. The number of aliphatic hydroxyl groups excluding tert-OH is 1. The summed E-state index contributed by atoms with van der Waals surface area (Å²) >= 11 is 5.17. The molecule has 2 nitrogen and oxygen atoms in total. The number of hydrogen-bond acceptors (Lipinski definition) is 3. The molecule has 0 fully saturated rings. The Morgan fingerprint density at radius 3 is 3.00 bits per heavy atom. The van der Waals surface area contributed by atoms with Crippen LogP contribution in [0.2, 0.25) is 0 Å². The van der Waals surface area contributed by atoms with E-state index in [2.05, 4.69) is 39.6 Å². The fourth-order valence-corrected chi connectivity index (χ4v) is 2.53. The van der Waals surface area contributed by atoms with E-state index < -0.39 is 0 Å². The van der Waals surface area contributed by atoms with Crippen LogP contribution in [0.3, 0.4) is 0 Å². The van der Waals surface area contributed by atoms with Crippen molar-refractivity contribution in [3.8, 4) is 0 Å². The Kier molecular flexibility index (Phi) is 4.94. The summed E-state index contributed by atoms with van der Waals surface area (Å²) in [6.45, 7) is 3.26. The van der Waals surface area contributed by atoms with Crippen molar-refractivity contribution in [3.05, 3.63) is 20.8 Å². The molecule has 1 atom stereocenters. The molecule has 0 aliphatic heterocycles. The summed E-state index contributed by atoms with van der Waals surface area (Å²) in [5.74, 6) is 0. The van der Waals surface area contributed by atoms with Crippen LogP contribution in [0, 0.1) is 0 Å². The topological polar surface area (TPSA) is 32.3 Å². The normalized spacial score (nSPS) is 13.2. The zero-order valence-electron chi connectivity index (χ0n) is 7.59. The van der Waals surface area contributed by atoms with E-state index in [-0.39, 0.29) is 6.61 Å². The average molecular weight is 264 g/mol. The van der Waals surface area contributed by atoms with Gasteiger partial charge in [0.25, 0.3) is 0 Å². The highest BCUT2D eigenvalue weighted by Crippen LogP contribution is 2.25. The van der Waals surface area contributed by atoms with Crippen LogP contribution in [-0.4, -0.2) is 18.3 Å². The number of thiophene rings is 1. The van der Waals surface area contributed by atoms with E-state index in [1.165, 1.54) is 4.88 Å². The van der Waals surface area contributed by atoms with Crippen LogP contribution in [-0.2, 0) is 0 Å². The highest BCUT2D eigenvalue weighted by atomic mass is 79.9. The van der Waals surface area contributed by atoms with Crippen molar-refractivity contribution in [2.45, 2.75) is 19.4 Å². The third-order valence-corrected chi connectivity index (χ3v) is 3.68. The van der Waals surface area contributed by atoms with Crippen LogP contribution in [0.4, 0.5) is 0 Å². The summed E-state index contributed by atoms with van der Waals surface area (Å²) < 4.78 is 1.14. The second-order valence-electron chi connectivity index (χ2n) is 2.92. The van der Waals surface area contributed by atoms with Gasteiger partial charge in [0.1, 0.15) is 0 Å². The molecular formula is C9H14BrNOS. The van der Waals surface area contributed by atoms with E-state index in [1.807, 2.05) is 0 Å². The Morgan fingerprint density at radius 1 is 1.69 bits per heavy atom. The Balaban J connectivity index is 2.35. The van der Waals surface area contributed by atoms with Gasteiger partial charge in [-0.05, 0) is 41.9 Å². The third-order valence-electron chi connectivity index (χ3n) is 1.80. The summed E-state index contributed by atoms with van der Waals surface area (Å²) in [5, 5.41) is 14.0. The van der Waals surface area contributed by atoms with Gasteiger partial charge < -0.3 is 10.4 Å². The zero-order valence-corrected chi connectivity index (χ0v) is 9.99. The van der Waals surface area contributed by atoms with E-state index in [1.54, 1.807) is 11.3 Å². The molecule has 0 amide bonds. The minimum Gasteiger partial charge on any atom is -0.396 e. The number of halogens is 1. The standard InChI is InChI=1S/C9H14BrNOS/c1-7(11-3-2-4-12)9-5-8(10)6-13-9/h5-7,11-12H,2-4H2,1H3. The zero-order chi connectivity index (χ0) is 9.68. The lowest BCUT2D eigenvalue weighted by atomic mass is 10.2. The first kappa shape index (κ1) is 11.2. The second-order valence-corrected chi connectivity index (χ2v) is 4.78. The first-order valence-electron chi connectivity index (χ1n) is 4.32. The molecule has 0 radical (unpaired) electrons. The van der Waals surface area contributed by atoms with Gasteiger partial charge >= 0.3 is 0 Å². The number of rotatable bonds is 5. The summed E-state index contributed by atoms with van der Waals surface area (Å²) in [6, 6.07) is 2.50. The third kappa shape index (κ3) is 3.77. The van der Waals surface area contributed by atoms with Gasteiger partial charge in [0, 0.05) is 27.4 Å². The van der Waals surface area contributed by atoms with Gasteiger partial charge in [-0.15, -0.1) is 11.3 Å². The molecular weight excluding hydrogens is 250 g/mol. The summed E-state index contributed by atoms with van der Waals surface area (Å²) in [5.41, 5.74) is 0. The van der Waals surface area contributed by atoms with Crippen molar-refractivity contribution in [1.82, 2.24) is 5.32 Å². The molecule has 1 aromatic rings. The molecule has 1 rings (SSSR count). The molecule has 4 heteroatoms. The SMILES string of the molecule is CC(NCCCO)c1cc(Br)cs1. The smallest absolute Gasteiger partial charge is 0.0443 e. The van der Waals surface area contributed by atoms with Crippen LogP contribution in [0.15, 0.2) is 15.9 Å². The maximum atomic E-state index is 8.61. The second kappa shape index (κ2) is 5.75. The van der Waals surface area contributed by atoms with Gasteiger partial charge in [0.15, 0.2) is 0 Å². The molecule has 0 aliphatic rings. The van der Waals surface area contributed by atoms with Gasteiger partial charge in [0.2, 0.25) is 0 Å². The molecule has 0 spiro atoms. The minimum atomic E-state index is 0.258. The van der Waals surface area contributed by atoms with Crippen LogP contribution in [0.1, 0.15) is 24.3 Å².